The van der Waals surface area contributed by atoms with Crippen molar-refractivity contribution in [2.75, 3.05) is 18.9 Å². The Bertz CT molecular complexity index is 579. The summed E-state index contributed by atoms with van der Waals surface area (Å²) in [5.74, 6) is -0.189. The fourth-order valence-electron chi connectivity index (χ4n) is 2.78. The minimum atomic E-state index is -0.800. The molecule has 7 heteroatoms. The largest absolute Gasteiger partial charge is 0.398 e. The number of carbonyl (C=O) groups excluding carboxylic acids is 2. The van der Waals surface area contributed by atoms with E-state index in [0.29, 0.717) is 31.7 Å². The SMILES string of the molecule is Nc1cccc(Br)c1CN1C(=O)NC2(CCOCC2)C1=O. The number of nitrogens with zero attached hydrogens (tertiary/aromatic N) is 1. The van der Waals surface area contributed by atoms with Gasteiger partial charge in [0.25, 0.3) is 5.91 Å². The zero-order valence-electron chi connectivity index (χ0n) is 11.4. The second-order valence-corrected chi connectivity index (χ2v) is 6.18. The fourth-order valence-corrected chi connectivity index (χ4v) is 3.29. The Morgan fingerprint density at radius 3 is 2.71 bits per heavy atom. The molecule has 21 heavy (non-hydrogen) atoms. The fraction of sp³-hybridized carbons (Fsp3) is 0.429. The van der Waals surface area contributed by atoms with Crippen molar-refractivity contribution < 1.29 is 14.3 Å². The summed E-state index contributed by atoms with van der Waals surface area (Å²) in [6.07, 6.45) is 1.03. The number of hydrogen-bond acceptors (Lipinski definition) is 4. The molecule has 6 nitrogen and oxygen atoms in total. The first-order valence-corrected chi connectivity index (χ1v) is 7.57. The van der Waals surface area contributed by atoms with Gasteiger partial charge in [0.05, 0.1) is 6.54 Å². The van der Waals surface area contributed by atoms with Gasteiger partial charge >= 0.3 is 6.03 Å². The summed E-state index contributed by atoms with van der Waals surface area (Å²) in [6, 6.07) is 5.04. The van der Waals surface area contributed by atoms with Crippen LogP contribution in [0.25, 0.3) is 0 Å². The van der Waals surface area contributed by atoms with E-state index in [4.69, 9.17) is 10.5 Å². The van der Waals surface area contributed by atoms with Gasteiger partial charge in [-0.15, -0.1) is 0 Å². The van der Waals surface area contributed by atoms with Crippen molar-refractivity contribution in [2.45, 2.75) is 24.9 Å². The molecular weight excluding hydrogens is 338 g/mol. The van der Waals surface area contributed by atoms with Gasteiger partial charge in [0.2, 0.25) is 0 Å². The first kappa shape index (κ1) is 14.3. The lowest BCUT2D eigenvalue weighted by Gasteiger charge is -2.30. The molecule has 2 fully saturated rings. The van der Waals surface area contributed by atoms with E-state index < -0.39 is 5.54 Å². The van der Waals surface area contributed by atoms with Crippen molar-refractivity contribution in [1.29, 1.82) is 0 Å². The van der Waals surface area contributed by atoms with Crippen LogP contribution in [-0.2, 0) is 16.1 Å². The molecule has 0 bridgehead atoms. The Balaban J connectivity index is 1.86. The van der Waals surface area contributed by atoms with Crippen LogP contribution in [0, 0.1) is 0 Å². The highest BCUT2D eigenvalue weighted by atomic mass is 79.9. The summed E-state index contributed by atoms with van der Waals surface area (Å²) in [7, 11) is 0. The average Bonchev–Trinajstić information content (AvgIpc) is 2.67. The van der Waals surface area contributed by atoms with E-state index >= 15 is 0 Å². The monoisotopic (exact) mass is 353 g/mol. The highest BCUT2D eigenvalue weighted by Gasteiger charge is 2.51. The highest BCUT2D eigenvalue weighted by molar-refractivity contribution is 9.10. The van der Waals surface area contributed by atoms with Crippen LogP contribution < -0.4 is 11.1 Å². The molecule has 3 amide bonds. The van der Waals surface area contributed by atoms with Gasteiger partial charge in [-0.25, -0.2) is 4.79 Å². The maximum atomic E-state index is 12.7. The Labute approximate surface area is 130 Å². The molecule has 112 valence electrons. The molecule has 1 spiro atoms. The number of anilines is 1. The van der Waals surface area contributed by atoms with Gasteiger partial charge in [-0.2, -0.15) is 0 Å². The first-order valence-electron chi connectivity index (χ1n) is 6.78. The van der Waals surface area contributed by atoms with Gasteiger partial charge in [-0.3, -0.25) is 9.69 Å². The van der Waals surface area contributed by atoms with Gasteiger partial charge in [-0.1, -0.05) is 22.0 Å². The molecule has 3 N–H and O–H groups in total. The number of nitrogen functional groups attached to an aromatic ring is 1. The Kier molecular flexibility index (Phi) is 3.62. The number of rotatable bonds is 2. The third-order valence-corrected chi connectivity index (χ3v) is 4.81. The molecule has 0 radical (unpaired) electrons. The maximum absolute atomic E-state index is 12.7. The van der Waals surface area contributed by atoms with E-state index in [-0.39, 0.29) is 18.5 Å². The normalized spacial score (nSPS) is 20.9. The lowest BCUT2D eigenvalue weighted by Crippen LogP contribution is -2.51. The summed E-state index contributed by atoms with van der Waals surface area (Å²) in [5.41, 5.74) is 6.43. The molecule has 0 aliphatic carbocycles. The van der Waals surface area contributed by atoms with Crippen LogP contribution in [0.1, 0.15) is 18.4 Å². The van der Waals surface area contributed by atoms with Crippen LogP contribution in [0.3, 0.4) is 0 Å². The van der Waals surface area contributed by atoms with Crippen molar-refractivity contribution in [3.8, 4) is 0 Å². The molecule has 2 saturated heterocycles. The topological polar surface area (TPSA) is 84.7 Å². The first-order chi connectivity index (χ1) is 10.0. The number of benzene rings is 1. The quantitative estimate of drug-likeness (QED) is 0.625. The van der Waals surface area contributed by atoms with Gasteiger partial charge in [-0.05, 0) is 12.1 Å². The van der Waals surface area contributed by atoms with Crippen LogP contribution in [0.4, 0.5) is 10.5 Å². The third-order valence-electron chi connectivity index (χ3n) is 4.06. The predicted octanol–water partition coefficient (Wildman–Crippen LogP) is 1.63. The van der Waals surface area contributed by atoms with E-state index in [2.05, 4.69) is 21.2 Å². The van der Waals surface area contributed by atoms with Gasteiger partial charge in [0.15, 0.2) is 0 Å². The minimum absolute atomic E-state index is 0.167. The number of hydrogen-bond donors (Lipinski definition) is 2. The Morgan fingerprint density at radius 2 is 2.05 bits per heavy atom. The highest BCUT2D eigenvalue weighted by Crippen LogP contribution is 2.31. The zero-order chi connectivity index (χ0) is 15.0. The number of carbonyl (C=O) groups is 2. The van der Waals surface area contributed by atoms with Crippen LogP contribution in [-0.4, -0.2) is 35.6 Å². The third kappa shape index (κ3) is 2.40. The molecular formula is C14H16BrN3O3. The average molecular weight is 354 g/mol. The number of imide groups is 1. The van der Waals surface area contributed by atoms with E-state index in [9.17, 15) is 9.59 Å². The number of urea groups is 1. The molecule has 0 aromatic heterocycles. The summed E-state index contributed by atoms with van der Waals surface area (Å²) in [5, 5.41) is 2.83. The van der Waals surface area contributed by atoms with E-state index in [1.165, 1.54) is 4.90 Å². The molecule has 2 heterocycles. The molecule has 1 aromatic rings. The molecule has 0 unspecified atom stereocenters. The smallest absolute Gasteiger partial charge is 0.325 e. The van der Waals surface area contributed by atoms with E-state index in [0.717, 1.165) is 10.0 Å². The van der Waals surface area contributed by atoms with E-state index in [1.807, 2.05) is 12.1 Å². The second-order valence-electron chi connectivity index (χ2n) is 5.32. The summed E-state index contributed by atoms with van der Waals surface area (Å²) >= 11 is 3.41. The lowest BCUT2D eigenvalue weighted by atomic mass is 9.90. The number of halogens is 1. The van der Waals surface area contributed by atoms with Gasteiger partial charge in [0, 0.05) is 41.8 Å². The molecule has 1 aromatic carbocycles. The molecule has 0 atom stereocenters. The number of ether oxygens (including phenoxy) is 1. The van der Waals surface area contributed by atoms with Crippen molar-refractivity contribution in [1.82, 2.24) is 10.2 Å². The minimum Gasteiger partial charge on any atom is -0.398 e. The van der Waals surface area contributed by atoms with Crippen LogP contribution >= 0.6 is 15.9 Å². The van der Waals surface area contributed by atoms with Crippen LogP contribution in [0.15, 0.2) is 22.7 Å². The lowest BCUT2D eigenvalue weighted by molar-refractivity contribution is -0.134. The Hall–Kier alpha value is -1.60. The van der Waals surface area contributed by atoms with Crippen molar-refractivity contribution in [3.05, 3.63) is 28.2 Å². The van der Waals surface area contributed by atoms with Crippen LogP contribution in [0.5, 0.6) is 0 Å². The van der Waals surface area contributed by atoms with Crippen molar-refractivity contribution >= 4 is 33.6 Å². The number of nitrogens with two attached hydrogens (primary N) is 1. The summed E-state index contributed by atoms with van der Waals surface area (Å²) in [6.45, 7) is 1.13. The summed E-state index contributed by atoms with van der Waals surface area (Å²) in [4.78, 5) is 26.1. The molecule has 2 aliphatic rings. The molecule has 3 rings (SSSR count). The Morgan fingerprint density at radius 1 is 1.33 bits per heavy atom. The predicted molar refractivity (Wildman–Crippen MR) is 80.4 cm³/mol. The molecule has 0 saturated carbocycles. The zero-order valence-corrected chi connectivity index (χ0v) is 13.0. The standard InChI is InChI=1S/C14H16BrN3O3/c15-10-2-1-3-11(16)9(10)8-18-12(19)14(17-13(18)20)4-6-21-7-5-14/h1-3H,4-8,16H2,(H,17,20). The number of nitrogens with one attached hydrogen (secondary N) is 1. The summed E-state index contributed by atoms with van der Waals surface area (Å²) < 4.78 is 6.07. The molecule has 2 aliphatic heterocycles. The van der Waals surface area contributed by atoms with Crippen LogP contribution in [0.2, 0.25) is 0 Å². The van der Waals surface area contributed by atoms with Gasteiger partial charge < -0.3 is 15.8 Å². The van der Waals surface area contributed by atoms with Crippen molar-refractivity contribution in [3.63, 3.8) is 0 Å². The van der Waals surface area contributed by atoms with Crippen molar-refractivity contribution in [2.24, 2.45) is 0 Å². The van der Waals surface area contributed by atoms with Gasteiger partial charge in [0.1, 0.15) is 5.54 Å². The number of amides is 3. The maximum Gasteiger partial charge on any atom is 0.325 e. The van der Waals surface area contributed by atoms with E-state index in [1.54, 1.807) is 6.07 Å². The second kappa shape index (κ2) is 5.31.